The molecule has 0 spiro atoms. The number of nitrogens with one attached hydrogen (secondary N) is 2. The summed E-state index contributed by atoms with van der Waals surface area (Å²) in [5.74, 6) is 0.455. The minimum Gasteiger partial charge on any atom is -0.451 e. The molecule has 0 aliphatic heterocycles. The highest BCUT2D eigenvalue weighted by Crippen LogP contribution is 2.23. The van der Waals surface area contributed by atoms with Gasteiger partial charge in [0, 0.05) is 16.6 Å². The molecule has 3 aromatic rings. The number of rotatable bonds is 4. The molecular weight excluding hydrogens is 400 g/mol. The molecule has 25 heavy (non-hydrogen) atoms. The van der Waals surface area contributed by atoms with Gasteiger partial charge in [-0.15, -0.1) is 0 Å². The third kappa shape index (κ3) is 4.78. The maximum absolute atomic E-state index is 12.2. The predicted molar refractivity (Wildman–Crippen MR) is 105 cm³/mol. The largest absolute Gasteiger partial charge is 0.451 e. The van der Waals surface area contributed by atoms with Gasteiger partial charge < -0.3 is 9.73 Å². The summed E-state index contributed by atoms with van der Waals surface area (Å²) in [4.78, 5) is 12.2. The van der Waals surface area contributed by atoms with Crippen LogP contribution in [0.3, 0.4) is 0 Å². The summed E-state index contributed by atoms with van der Waals surface area (Å²) in [6.45, 7) is 0.544. The molecule has 0 saturated heterocycles. The first-order valence-electron chi connectivity index (χ1n) is 7.61. The highest BCUT2D eigenvalue weighted by atomic mass is 79.9. The topological polar surface area (TPSA) is 54.3 Å². The Morgan fingerprint density at radius 3 is 2.44 bits per heavy atom. The van der Waals surface area contributed by atoms with Gasteiger partial charge in [-0.1, -0.05) is 58.4 Å². The van der Waals surface area contributed by atoms with E-state index in [0.29, 0.717) is 12.3 Å². The first-order chi connectivity index (χ1) is 12.1. The Kier molecular flexibility index (Phi) is 5.63. The molecule has 0 atom stereocenters. The van der Waals surface area contributed by atoms with Crippen molar-refractivity contribution >= 4 is 39.2 Å². The lowest BCUT2D eigenvalue weighted by Crippen LogP contribution is -2.38. The Balaban J connectivity index is 1.58. The van der Waals surface area contributed by atoms with Crippen LogP contribution in [0.25, 0.3) is 11.3 Å². The molecule has 0 aliphatic rings. The Labute approximate surface area is 159 Å². The molecule has 1 heterocycles. The molecule has 0 unspecified atom stereocenters. The second kappa shape index (κ2) is 8.09. The fourth-order valence-corrected chi connectivity index (χ4v) is 2.65. The van der Waals surface area contributed by atoms with Crippen molar-refractivity contribution in [2.45, 2.75) is 6.54 Å². The van der Waals surface area contributed by atoms with Crippen molar-refractivity contribution in [3.05, 3.63) is 82.5 Å². The number of carbonyl (C=O) groups is 1. The fraction of sp³-hybridized carbons (Fsp3) is 0.0526. The minimum atomic E-state index is -0.381. The van der Waals surface area contributed by atoms with E-state index in [0.717, 1.165) is 15.6 Å². The minimum absolute atomic E-state index is 0.210. The van der Waals surface area contributed by atoms with E-state index in [-0.39, 0.29) is 16.8 Å². The van der Waals surface area contributed by atoms with Crippen LogP contribution >= 0.6 is 28.1 Å². The number of hydrogen-bond donors (Lipinski definition) is 2. The molecule has 0 bridgehead atoms. The Hall–Kier alpha value is -2.44. The van der Waals surface area contributed by atoms with E-state index in [1.165, 1.54) is 0 Å². The van der Waals surface area contributed by atoms with Crippen molar-refractivity contribution in [1.29, 1.82) is 0 Å². The molecule has 126 valence electrons. The third-order valence-corrected chi connectivity index (χ3v) is 4.26. The van der Waals surface area contributed by atoms with Gasteiger partial charge in [-0.3, -0.25) is 10.1 Å². The number of furan rings is 1. The Bertz CT molecular complexity index is 876. The third-order valence-electron chi connectivity index (χ3n) is 3.48. The second-order valence-electron chi connectivity index (χ2n) is 5.29. The van der Waals surface area contributed by atoms with Crippen molar-refractivity contribution < 1.29 is 9.21 Å². The first-order valence-corrected chi connectivity index (χ1v) is 8.81. The number of carbonyl (C=O) groups excluding carboxylic acids is 1. The summed E-state index contributed by atoms with van der Waals surface area (Å²) >= 11 is 8.54. The molecular formula is C19H15BrN2O2S. The van der Waals surface area contributed by atoms with Crippen LogP contribution < -0.4 is 10.6 Å². The van der Waals surface area contributed by atoms with Gasteiger partial charge in [-0.2, -0.15) is 0 Å². The van der Waals surface area contributed by atoms with E-state index in [2.05, 4.69) is 26.6 Å². The normalized spacial score (nSPS) is 10.3. The lowest BCUT2D eigenvalue weighted by atomic mass is 10.2. The average Bonchev–Trinajstić information content (AvgIpc) is 3.12. The SMILES string of the molecule is O=C(NC(=S)NCc1ccccc1)c1ccc(-c2ccc(Br)cc2)o1. The number of benzene rings is 2. The maximum Gasteiger partial charge on any atom is 0.293 e. The highest BCUT2D eigenvalue weighted by Gasteiger charge is 2.13. The Morgan fingerprint density at radius 2 is 1.72 bits per heavy atom. The summed E-state index contributed by atoms with van der Waals surface area (Å²) in [6, 6.07) is 20.9. The van der Waals surface area contributed by atoms with Crippen LogP contribution in [-0.2, 0) is 6.54 Å². The van der Waals surface area contributed by atoms with Gasteiger partial charge >= 0.3 is 0 Å². The van der Waals surface area contributed by atoms with Crippen LogP contribution in [0.5, 0.6) is 0 Å². The quantitative estimate of drug-likeness (QED) is 0.616. The molecule has 0 radical (unpaired) electrons. The van der Waals surface area contributed by atoms with Gasteiger partial charge in [0.05, 0.1) is 0 Å². The van der Waals surface area contributed by atoms with E-state index >= 15 is 0 Å². The van der Waals surface area contributed by atoms with Crippen molar-refractivity contribution in [1.82, 2.24) is 10.6 Å². The van der Waals surface area contributed by atoms with Crippen molar-refractivity contribution in [3.8, 4) is 11.3 Å². The molecule has 2 N–H and O–H groups in total. The van der Waals surface area contributed by atoms with Crippen molar-refractivity contribution in [2.24, 2.45) is 0 Å². The summed E-state index contributed by atoms with van der Waals surface area (Å²) in [5.41, 5.74) is 1.97. The standard InChI is InChI=1S/C19H15BrN2O2S/c20-15-8-6-14(7-9-15)16-10-11-17(24-16)18(23)22-19(25)21-12-13-4-2-1-3-5-13/h1-11H,12H2,(H2,21,22,23,25). The molecule has 3 rings (SSSR count). The van der Waals surface area contributed by atoms with Gasteiger partial charge in [0.2, 0.25) is 0 Å². The summed E-state index contributed by atoms with van der Waals surface area (Å²) < 4.78 is 6.60. The molecule has 2 aromatic carbocycles. The van der Waals surface area contributed by atoms with Crippen molar-refractivity contribution in [3.63, 3.8) is 0 Å². The number of halogens is 1. The van der Waals surface area contributed by atoms with Gasteiger partial charge in [-0.25, -0.2) is 0 Å². The van der Waals surface area contributed by atoms with Crippen LogP contribution in [0.1, 0.15) is 16.1 Å². The van der Waals surface area contributed by atoms with E-state index in [1.807, 2.05) is 54.6 Å². The molecule has 0 fully saturated rings. The molecule has 6 heteroatoms. The van der Waals surface area contributed by atoms with E-state index in [4.69, 9.17) is 16.6 Å². The molecule has 0 saturated carbocycles. The maximum atomic E-state index is 12.2. The molecule has 1 aromatic heterocycles. The lowest BCUT2D eigenvalue weighted by Gasteiger charge is -2.08. The van der Waals surface area contributed by atoms with Gasteiger partial charge in [-0.05, 0) is 42.0 Å². The monoisotopic (exact) mass is 414 g/mol. The van der Waals surface area contributed by atoms with E-state index < -0.39 is 0 Å². The Morgan fingerprint density at radius 1 is 1.00 bits per heavy atom. The van der Waals surface area contributed by atoms with Crippen LogP contribution in [0, 0.1) is 0 Å². The van der Waals surface area contributed by atoms with Crippen LogP contribution in [0.15, 0.2) is 75.6 Å². The number of thiocarbonyl (C=S) groups is 1. The van der Waals surface area contributed by atoms with Gasteiger partial charge in [0.25, 0.3) is 5.91 Å². The summed E-state index contributed by atoms with van der Waals surface area (Å²) in [5, 5.41) is 5.88. The summed E-state index contributed by atoms with van der Waals surface area (Å²) in [7, 11) is 0. The zero-order valence-corrected chi connectivity index (χ0v) is 15.6. The molecule has 0 aliphatic carbocycles. The smallest absolute Gasteiger partial charge is 0.293 e. The van der Waals surface area contributed by atoms with Gasteiger partial charge in [0.15, 0.2) is 10.9 Å². The summed E-state index contributed by atoms with van der Waals surface area (Å²) in [6.07, 6.45) is 0. The van der Waals surface area contributed by atoms with E-state index in [1.54, 1.807) is 12.1 Å². The zero-order valence-electron chi connectivity index (χ0n) is 13.2. The molecule has 4 nitrogen and oxygen atoms in total. The zero-order chi connectivity index (χ0) is 17.6. The predicted octanol–water partition coefficient (Wildman–Crippen LogP) is 4.51. The van der Waals surface area contributed by atoms with Crippen LogP contribution in [0.2, 0.25) is 0 Å². The number of amides is 1. The fourth-order valence-electron chi connectivity index (χ4n) is 2.22. The lowest BCUT2D eigenvalue weighted by molar-refractivity contribution is 0.0950. The first kappa shape index (κ1) is 17.4. The van der Waals surface area contributed by atoms with Crippen LogP contribution in [0.4, 0.5) is 0 Å². The van der Waals surface area contributed by atoms with E-state index in [9.17, 15) is 4.79 Å². The van der Waals surface area contributed by atoms with Gasteiger partial charge in [0.1, 0.15) is 5.76 Å². The second-order valence-corrected chi connectivity index (χ2v) is 6.62. The number of hydrogen-bond acceptors (Lipinski definition) is 3. The van der Waals surface area contributed by atoms with Crippen LogP contribution in [-0.4, -0.2) is 11.0 Å². The highest BCUT2D eigenvalue weighted by molar-refractivity contribution is 9.10. The van der Waals surface area contributed by atoms with Crippen molar-refractivity contribution in [2.75, 3.05) is 0 Å². The molecule has 1 amide bonds. The average molecular weight is 415 g/mol.